The van der Waals surface area contributed by atoms with Crippen LogP contribution < -0.4 is 10.6 Å². The van der Waals surface area contributed by atoms with Gasteiger partial charge in [0.2, 0.25) is 0 Å². The number of hydrogen-bond acceptors (Lipinski definition) is 6. The van der Waals surface area contributed by atoms with Gasteiger partial charge in [0.05, 0.1) is 11.4 Å². The minimum atomic E-state index is 0.0793. The zero-order valence-electron chi connectivity index (χ0n) is 13.0. The van der Waals surface area contributed by atoms with Crippen LogP contribution in [0.25, 0.3) is 0 Å². The van der Waals surface area contributed by atoms with Crippen LogP contribution in [0.1, 0.15) is 47.0 Å². The minimum Gasteiger partial charge on any atom is -0.411 e. The number of rotatable bonds is 8. The first-order valence-electron chi connectivity index (χ1n) is 7.28. The summed E-state index contributed by atoms with van der Waals surface area (Å²) >= 11 is 0. The average molecular weight is 284 g/mol. The molecule has 0 radical (unpaired) electrons. The van der Waals surface area contributed by atoms with Crippen molar-refractivity contribution in [2.75, 3.05) is 13.1 Å². The first-order chi connectivity index (χ1) is 9.44. The molecule has 1 fully saturated rings. The van der Waals surface area contributed by atoms with Crippen LogP contribution in [-0.4, -0.2) is 47.0 Å². The summed E-state index contributed by atoms with van der Waals surface area (Å²) in [7, 11) is 0. The standard InChI is InChI=1S/C14H28N4O2/c1-10(12(3)17-19)15-8-14(6-5-7-14)9-16-11(2)13(4)18-20/h10-11,15-16,19-20H,5-9H2,1-4H3/b17-12+,18-13+/t10-,11-/m1/s1. The van der Waals surface area contributed by atoms with Crippen molar-refractivity contribution in [3.05, 3.63) is 0 Å². The highest BCUT2D eigenvalue weighted by Crippen LogP contribution is 2.39. The van der Waals surface area contributed by atoms with E-state index in [1.54, 1.807) is 0 Å². The van der Waals surface area contributed by atoms with Crippen LogP contribution in [0.3, 0.4) is 0 Å². The summed E-state index contributed by atoms with van der Waals surface area (Å²) in [5.41, 5.74) is 1.65. The Kier molecular flexibility index (Phi) is 6.42. The quantitative estimate of drug-likeness (QED) is 0.311. The third-order valence-corrected chi connectivity index (χ3v) is 4.55. The van der Waals surface area contributed by atoms with Crippen LogP contribution in [0, 0.1) is 5.41 Å². The van der Waals surface area contributed by atoms with Crippen molar-refractivity contribution in [1.29, 1.82) is 0 Å². The number of hydrogen-bond donors (Lipinski definition) is 4. The molecule has 0 spiro atoms. The third kappa shape index (κ3) is 4.45. The molecule has 6 nitrogen and oxygen atoms in total. The van der Waals surface area contributed by atoms with Crippen LogP contribution in [-0.2, 0) is 0 Å². The molecule has 0 aliphatic heterocycles. The van der Waals surface area contributed by atoms with E-state index in [1.807, 2.05) is 27.7 Å². The molecule has 2 atom stereocenters. The predicted octanol–water partition coefficient (Wildman–Crippen LogP) is 1.81. The maximum atomic E-state index is 8.77. The van der Waals surface area contributed by atoms with Gasteiger partial charge < -0.3 is 21.0 Å². The van der Waals surface area contributed by atoms with E-state index in [4.69, 9.17) is 10.4 Å². The first kappa shape index (κ1) is 16.9. The molecule has 1 rings (SSSR count). The molecule has 0 aromatic carbocycles. The molecule has 1 aliphatic carbocycles. The van der Waals surface area contributed by atoms with Gasteiger partial charge in [-0.1, -0.05) is 16.7 Å². The molecular formula is C14H28N4O2. The van der Waals surface area contributed by atoms with Crippen molar-refractivity contribution in [3.8, 4) is 0 Å². The van der Waals surface area contributed by atoms with E-state index in [0.29, 0.717) is 11.4 Å². The minimum absolute atomic E-state index is 0.0793. The number of nitrogens with one attached hydrogen (secondary N) is 2. The highest BCUT2D eigenvalue weighted by Gasteiger charge is 2.37. The Hall–Kier alpha value is -1.14. The predicted molar refractivity (Wildman–Crippen MR) is 81.0 cm³/mol. The summed E-state index contributed by atoms with van der Waals surface area (Å²) in [5.74, 6) is 0. The fourth-order valence-corrected chi connectivity index (χ4v) is 2.30. The molecule has 6 heteroatoms. The molecule has 1 aliphatic rings. The summed E-state index contributed by atoms with van der Waals surface area (Å²) in [6.07, 6.45) is 3.64. The molecule has 0 saturated heterocycles. The molecule has 4 N–H and O–H groups in total. The molecule has 0 aromatic heterocycles. The molecule has 0 bridgehead atoms. The van der Waals surface area contributed by atoms with Crippen molar-refractivity contribution in [2.24, 2.45) is 15.7 Å². The van der Waals surface area contributed by atoms with Crippen molar-refractivity contribution in [3.63, 3.8) is 0 Å². The second-order valence-corrected chi connectivity index (χ2v) is 6.04. The lowest BCUT2D eigenvalue weighted by Gasteiger charge is -2.43. The Labute approximate surface area is 121 Å². The zero-order valence-corrected chi connectivity index (χ0v) is 13.0. The molecular weight excluding hydrogens is 256 g/mol. The van der Waals surface area contributed by atoms with Crippen LogP contribution >= 0.6 is 0 Å². The summed E-state index contributed by atoms with van der Waals surface area (Å²) in [6, 6.07) is 0.159. The van der Waals surface area contributed by atoms with Gasteiger partial charge in [0.25, 0.3) is 0 Å². The van der Waals surface area contributed by atoms with E-state index in [2.05, 4.69) is 20.9 Å². The van der Waals surface area contributed by atoms with Gasteiger partial charge >= 0.3 is 0 Å². The largest absolute Gasteiger partial charge is 0.411 e. The smallest absolute Gasteiger partial charge is 0.0706 e. The maximum Gasteiger partial charge on any atom is 0.0706 e. The highest BCUT2D eigenvalue weighted by atomic mass is 16.4. The van der Waals surface area contributed by atoms with Crippen molar-refractivity contribution >= 4 is 11.4 Å². The van der Waals surface area contributed by atoms with E-state index in [9.17, 15) is 0 Å². The molecule has 116 valence electrons. The van der Waals surface area contributed by atoms with Gasteiger partial charge in [0.1, 0.15) is 0 Å². The molecule has 0 unspecified atom stereocenters. The second kappa shape index (κ2) is 7.59. The third-order valence-electron chi connectivity index (χ3n) is 4.55. The van der Waals surface area contributed by atoms with Crippen LogP contribution in [0.15, 0.2) is 10.3 Å². The Balaban J connectivity index is 2.44. The Morgan fingerprint density at radius 1 is 1.00 bits per heavy atom. The highest BCUT2D eigenvalue weighted by molar-refractivity contribution is 5.86. The maximum absolute atomic E-state index is 8.77. The van der Waals surface area contributed by atoms with E-state index < -0.39 is 0 Å². The number of oxime groups is 2. The Morgan fingerprint density at radius 2 is 1.40 bits per heavy atom. The van der Waals surface area contributed by atoms with Gasteiger partial charge in [-0.3, -0.25) is 0 Å². The van der Waals surface area contributed by atoms with Gasteiger partial charge in [-0.2, -0.15) is 0 Å². The van der Waals surface area contributed by atoms with Crippen LogP contribution in [0.4, 0.5) is 0 Å². The van der Waals surface area contributed by atoms with Gasteiger partial charge in [-0.25, -0.2) is 0 Å². The van der Waals surface area contributed by atoms with Gasteiger partial charge in [-0.15, -0.1) is 0 Å². The lowest BCUT2D eigenvalue weighted by atomic mass is 9.68. The molecule has 0 amide bonds. The van der Waals surface area contributed by atoms with Gasteiger partial charge in [-0.05, 0) is 46.0 Å². The van der Waals surface area contributed by atoms with E-state index in [-0.39, 0.29) is 17.5 Å². The second-order valence-electron chi connectivity index (χ2n) is 6.04. The van der Waals surface area contributed by atoms with Crippen LogP contribution in [0.5, 0.6) is 0 Å². The summed E-state index contributed by atoms with van der Waals surface area (Å²) in [6.45, 7) is 9.42. The number of nitrogens with zero attached hydrogens (tertiary/aromatic N) is 2. The van der Waals surface area contributed by atoms with Crippen molar-refractivity contribution in [1.82, 2.24) is 10.6 Å². The lowest BCUT2D eigenvalue weighted by Crippen LogP contribution is -2.51. The fraction of sp³-hybridized carbons (Fsp3) is 0.857. The normalized spacial score (nSPS) is 22.2. The SMILES string of the molecule is C/C(=N\O)[C@@H](C)NCC1(CN[C@H](C)/C(C)=N/O)CCC1. The van der Waals surface area contributed by atoms with E-state index >= 15 is 0 Å². The molecule has 0 heterocycles. The van der Waals surface area contributed by atoms with Gasteiger partial charge in [0, 0.05) is 25.2 Å². The van der Waals surface area contributed by atoms with Crippen molar-refractivity contribution < 1.29 is 10.4 Å². The Bertz CT molecular complexity index is 334. The molecule has 1 saturated carbocycles. The lowest BCUT2D eigenvalue weighted by molar-refractivity contribution is 0.124. The summed E-state index contributed by atoms with van der Waals surface area (Å²) in [4.78, 5) is 0. The average Bonchev–Trinajstić information content (AvgIpc) is 2.43. The van der Waals surface area contributed by atoms with Gasteiger partial charge in [0.15, 0.2) is 0 Å². The van der Waals surface area contributed by atoms with E-state index in [1.165, 1.54) is 19.3 Å². The first-order valence-corrected chi connectivity index (χ1v) is 7.28. The fourth-order valence-electron chi connectivity index (χ4n) is 2.30. The van der Waals surface area contributed by atoms with E-state index in [0.717, 1.165) is 13.1 Å². The summed E-state index contributed by atoms with van der Waals surface area (Å²) in [5, 5.41) is 30.9. The zero-order chi connectivity index (χ0) is 15.2. The summed E-state index contributed by atoms with van der Waals surface area (Å²) < 4.78 is 0. The molecule has 0 aromatic rings. The Morgan fingerprint density at radius 3 is 1.65 bits per heavy atom. The van der Waals surface area contributed by atoms with Crippen LogP contribution in [0.2, 0.25) is 0 Å². The monoisotopic (exact) mass is 284 g/mol. The van der Waals surface area contributed by atoms with Crippen molar-refractivity contribution in [2.45, 2.75) is 59.0 Å². The topological polar surface area (TPSA) is 89.2 Å². The molecule has 20 heavy (non-hydrogen) atoms.